The Hall–Kier alpha value is -1.55. The first-order chi connectivity index (χ1) is 10.6. The van der Waals surface area contributed by atoms with E-state index in [1.54, 1.807) is 0 Å². The third-order valence-electron chi connectivity index (χ3n) is 3.01. The lowest BCUT2D eigenvalue weighted by atomic mass is 10.0. The standard InChI is InChI=1S/C14H20N2O2/c1-2-12-8-16(9-13(12)15)14(17)18-10-11-6-4-3-5-7-11/h3-7,12-13H,2,8-10,15H2,1H3/t12-,13+/m0/s1/i1D3,2D2. The van der Waals surface area contributed by atoms with Gasteiger partial charge in [0, 0.05) is 26.0 Å². The van der Waals surface area contributed by atoms with Gasteiger partial charge in [-0.15, -0.1) is 0 Å². The molecule has 2 N–H and O–H groups in total. The molecule has 1 heterocycles. The van der Waals surface area contributed by atoms with Gasteiger partial charge in [-0.3, -0.25) is 0 Å². The Morgan fingerprint density at radius 1 is 1.56 bits per heavy atom. The molecule has 18 heavy (non-hydrogen) atoms. The number of likely N-dealkylation sites (tertiary alicyclic amines) is 1. The molecule has 0 aliphatic carbocycles. The molecular formula is C14H20N2O2. The predicted octanol–water partition coefficient (Wildman–Crippen LogP) is 1.99. The van der Waals surface area contributed by atoms with Crippen LogP contribution in [0.3, 0.4) is 0 Å². The van der Waals surface area contributed by atoms with E-state index < -0.39 is 31.3 Å². The summed E-state index contributed by atoms with van der Waals surface area (Å²) in [6, 6.07) is 8.41. The van der Waals surface area contributed by atoms with Crippen LogP contribution in [0.1, 0.15) is 25.6 Å². The molecule has 98 valence electrons. The van der Waals surface area contributed by atoms with E-state index in [-0.39, 0.29) is 19.7 Å². The van der Waals surface area contributed by atoms with E-state index in [1.165, 1.54) is 4.90 Å². The van der Waals surface area contributed by atoms with Crippen molar-refractivity contribution >= 4 is 6.09 Å². The third-order valence-corrected chi connectivity index (χ3v) is 3.01. The quantitative estimate of drug-likeness (QED) is 0.896. The van der Waals surface area contributed by atoms with Crippen LogP contribution < -0.4 is 5.73 Å². The van der Waals surface area contributed by atoms with Crippen molar-refractivity contribution in [3.05, 3.63) is 35.9 Å². The highest BCUT2D eigenvalue weighted by atomic mass is 16.6. The minimum absolute atomic E-state index is 0.0693. The molecule has 0 saturated carbocycles. The Kier molecular flexibility index (Phi) is 2.54. The van der Waals surface area contributed by atoms with Gasteiger partial charge in [-0.2, -0.15) is 0 Å². The first kappa shape index (κ1) is 7.79. The highest BCUT2D eigenvalue weighted by Crippen LogP contribution is 2.19. The highest BCUT2D eigenvalue weighted by molar-refractivity contribution is 5.68. The zero-order valence-corrected chi connectivity index (χ0v) is 10.0. The van der Waals surface area contributed by atoms with Crippen LogP contribution in [0.2, 0.25) is 0 Å². The fraction of sp³-hybridized carbons (Fsp3) is 0.500. The summed E-state index contributed by atoms with van der Waals surface area (Å²) >= 11 is 0. The molecule has 1 amide bonds. The normalized spacial score (nSPS) is 28.7. The highest BCUT2D eigenvalue weighted by Gasteiger charge is 2.32. The van der Waals surface area contributed by atoms with Gasteiger partial charge in [-0.25, -0.2) is 4.79 Å². The Morgan fingerprint density at radius 3 is 3.06 bits per heavy atom. The van der Waals surface area contributed by atoms with E-state index in [2.05, 4.69) is 0 Å². The first-order valence-corrected chi connectivity index (χ1v) is 5.84. The summed E-state index contributed by atoms with van der Waals surface area (Å²) in [5.41, 5.74) is 6.69. The Morgan fingerprint density at radius 2 is 2.33 bits per heavy atom. The maximum atomic E-state index is 12.1. The van der Waals surface area contributed by atoms with E-state index in [4.69, 9.17) is 17.3 Å². The van der Waals surface area contributed by atoms with Crippen LogP contribution in [0.25, 0.3) is 0 Å². The van der Waals surface area contributed by atoms with Gasteiger partial charge in [0.15, 0.2) is 0 Å². The molecule has 4 heteroatoms. The van der Waals surface area contributed by atoms with Gasteiger partial charge in [0.2, 0.25) is 0 Å². The molecule has 0 bridgehead atoms. The molecule has 4 nitrogen and oxygen atoms in total. The SMILES string of the molecule is [2H]C([2H])([2H])C([2H])([2H])[C@H]1CN(C(=O)OCc2ccccc2)C[C@H]1N. The first-order valence-electron chi connectivity index (χ1n) is 8.34. The zero-order valence-electron chi connectivity index (χ0n) is 15.0. The maximum absolute atomic E-state index is 12.1. The summed E-state index contributed by atoms with van der Waals surface area (Å²) in [6.07, 6.45) is -3.07. The molecule has 0 radical (unpaired) electrons. The van der Waals surface area contributed by atoms with Crippen molar-refractivity contribution in [3.8, 4) is 0 Å². The van der Waals surface area contributed by atoms with Crippen LogP contribution >= 0.6 is 0 Å². The van der Waals surface area contributed by atoms with Crippen LogP contribution in [-0.2, 0) is 11.3 Å². The minimum atomic E-state index is -2.79. The summed E-state index contributed by atoms with van der Waals surface area (Å²) in [7, 11) is 0. The molecule has 0 aromatic heterocycles. The van der Waals surface area contributed by atoms with Gasteiger partial charge in [-0.1, -0.05) is 43.6 Å². The molecule has 1 saturated heterocycles. The van der Waals surface area contributed by atoms with E-state index in [9.17, 15) is 4.79 Å². The summed E-state index contributed by atoms with van der Waals surface area (Å²) in [5, 5.41) is 0. The molecule has 1 aliphatic rings. The number of carbonyl (C=O) groups excluding carboxylic acids is 1. The van der Waals surface area contributed by atoms with Crippen LogP contribution in [0, 0.1) is 5.92 Å². The lowest BCUT2D eigenvalue weighted by Gasteiger charge is -2.15. The second-order valence-electron chi connectivity index (χ2n) is 4.36. The number of benzene rings is 1. The van der Waals surface area contributed by atoms with E-state index in [0.29, 0.717) is 0 Å². The smallest absolute Gasteiger partial charge is 0.410 e. The number of nitrogens with zero attached hydrogens (tertiary/aromatic N) is 1. The van der Waals surface area contributed by atoms with Gasteiger partial charge >= 0.3 is 6.09 Å². The van der Waals surface area contributed by atoms with Crippen LogP contribution in [0.15, 0.2) is 30.3 Å². The number of ether oxygens (including phenoxy) is 1. The monoisotopic (exact) mass is 253 g/mol. The molecule has 0 spiro atoms. The minimum Gasteiger partial charge on any atom is -0.445 e. The van der Waals surface area contributed by atoms with Crippen molar-refractivity contribution in [2.75, 3.05) is 13.1 Å². The molecule has 1 fully saturated rings. The second-order valence-corrected chi connectivity index (χ2v) is 4.36. The van der Waals surface area contributed by atoms with E-state index in [0.717, 1.165) is 5.56 Å². The number of hydrogen-bond acceptors (Lipinski definition) is 3. The molecule has 2 rings (SSSR count). The van der Waals surface area contributed by atoms with Crippen molar-refractivity contribution in [2.24, 2.45) is 11.7 Å². The molecule has 1 aromatic rings. The summed E-state index contributed by atoms with van der Waals surface area (Å²) in [6.45, 7) is -2.68. The second kappa shape index (κ2) is 5.87. The molecular weight excluding hydrogens is 228 g/mol. The lowest BCUT2D eigenvalue weighted by molar-refractivity contribution is 0.103. The predicted molar refractivity (Wildman–Crippen MR) is 70.0 cm³/mol. The number of rotatable bonds is 3. The van der Waals surface area contributed by atoms with Gasteiger partial charge in [0.05, 0.1) is 0 Å². The van der Waals surface area contributed by atoms with Crippen LogP contribution in [0.5, 0.6) is 0 Å². The number of hydrogen-bond donors (Lipinski definition) is 1. The fourth-order valence-electron chi connectivity index (χ4n) is 1.94. The number of carbonyl (C=O) groups is 1. The van der Waals surface area contributed by atoms with Crippen LogP contribution in [0.4, 0.5) is 4.79 Å². The van der Waals surface area contributed by atoms with Crippen molar-refractivity contribution in [2.45, 2.75) is 25.9 Å². The van der Waals surface area contributed by atoms with Crippen molar-refractivity contribution in [3.63, 3.8) is 0 Å². The summed E-state index contributed by atoms with van der Waals surface area (Å²) < 4.78 is 42.8. The molecule has 1 aromatic carbocycles. The zero-order chi connectivity index (χ0) is 17.3. The molecule has 1 aliphatic heterocycles. The lowest BCUT2D eigenvalue weighted by Crippen LogP contribution is -2.32. The molecule has 0 unspecified atom stereocenters. The van der Waals surface area contributed by atoms with Gasteiger partial charge in [0.25, 0.3) is 0 Å². The third kappa shape index (κ3) is 3.01. The van der Waals surface area contributed by atoms with Crippen molar-refractivity contribution in [1.82, 2.24) is 4.90 Å². The van der Waals surface area contributed by atoms with Gasteiger partial charge in [-0.05, 0) is 11.5 Å². The number of amides is 1. The summed E-state index contributed by atoms with van der Waals surface area (Å²) in [5.74, 6) is -0.959. The fourth-order valence-corrected chi connectivity index (χ4v) is 1.94. The Bertz CT molecular complexity index is 550. The Balaban J connectivity index is 1.96. The average molecular weight is 253 g/mol. The van der Waals surface area contributed by atoms with E-state index in [1.807, 2.05) is 30.3 Å². The average Bonchev–Trinajstić information content (AvgIpc) is 2.87. The van der Waals surface area contributed by atoms with Gasteiger partial charge < -0.3 is 15.4 Å². The van der Waals surface area contributed by atoms with Crippen molar-refractivity contribution < 1.29 is 16.4 Å². The summed E-state index contributed by atoms with van der Waals surface area (Å²) in [4.78, 5) is 13.3. The largest absolute Gasteiger partial charge is 0.445 e. The van der Waals surface area contributed by atoms with Crippen LogP contribution in [-0.4, -0.2) is 30.1 Å². The Labute approximate surface area is 115 Å². The number of nitrogens with two attached hydrogens (primary N) is 1. The van der Waals surface area contributed by atoms with Crippen molar-refractivity contribution in [1.29, 1.82) is 0 Å². The topological polar surface area (TPSA) is 55.6 Å². The molecule has 2 atom stereocenters. The van der Waals surface area contributed by atoms with Gasteiger partial charge in [0.1, 0.15) is 6.61 Å². The maximum Gasteiger partial charge on any atom is 0.410 e. The van der Waals surface area contributed by atoms with E-state index >= 15 is 0 Å².